The Morgan fingerprint density at radius 3 is 1.03 bits per heavy atom. The fraction of sp³-hybridized carbons (Fsp3) is 0.148. The molecule has 66 heavy (non-hydrogen) atoms. The van der Waals surface area contributed by atoms with Crippen molar-refractivity contribution in [3.8, 4) is 90.8 Å². The molecule has 2 nitrogen and oxygen atoms in total. The van der Waals surface area contributed by atoms with Crippen LogP contribution in [0.5, 0.6) is 0 Å². The molecule has 0 fully saturated rings. The van der Waals surface area contributed by atoms with Gasteiger partial charge in [0.2, 0.25) is 0 Å². The maximum absolute atomic E-state index is 6.77. The number of halogens is 3. The number of hydrogen-bond acceptors (Lipinski definition) is 2. The van der Waals surface area contributed by atoms with E-state index in [9.17, 15) is 0 Å². The van der Waals surface area contributed by atoms with E-state index in [2.05, 4.69) is 113 Å². The summed E-state index contributed by atoms with van der Waals surface area (Å²) in [6, 6.07) is 38.7. The molecule has 6 aromatic rings. The van der Waals surface area contributed by atoms with Crippen LogP contribution >= 0.6 is 47.8 Å². The van der Waals surface area contributed by atoms with Gasteiger partial charge in [-0.2, -0.15) is 0 Å². The summed E-state index contributed by atoms with van der Waals surface area (Å²) < 4.78 is 2.79. The number of hydrogen-bond donors (Lipinski definition) is 2. The third kappa shape index (κ3) is 14.5. The average molecular weight is 1050 g/mol. The van der Waals surface area contributed by atoms with Crippen molar-refractivity contribution in [3.63, 3.8) is 0 Å². The van der Waals surface area contributed by atoms with Crippen LogP contribution in [0.25, 0.3) is 0 Å². The van der Waals surface area contributed by atoms with Crippen LogP contribution in [0.15, 0.2) is 135 Å². The number of benzene rings is 6. The molecular formula is C61H46Br3N2+. The van der Waals surface area contributed by atoms with Crippen molar-refractivity contribution in [1.82, 2.24) is 0 Å². The molecule has 0 unspecified atom stereocenters. The van der Waals surface area contributed by atoms with Crippen LogP contribution in [0.2, 0.25) is 0 Å². The van der Waals surface area contributed by atoms with Gasteiger partial charge < -0.3 is 11.5 Å². The molecule has 6 rings (SSSR count). The van der Waals surface area contributed by atoms with Crippen LogP contribution in [0.4, 0.5) is 11.4 Å². The summed E-state index contributed by atoms with van der Waals surface area (Å²) in [5, 5.41) is 0. The third-order valence-corrected chi connectivity index (χ3v) is 12.1. The molecule has 320 valence electrons. The number of nitrogen functional groups attached to an aromatic ring is 2. The first kappa shape index (κ1) is 51.7. The first-order valence-electron chi connectivity index (χ1n) is 20.4. The van der Waals surface area contributed by atoms with Crippen LogP contribution in [0.3, 0.4) is 0 Å². The van der Waals surface area contributed by atoms with E-state index >= 15 is 0 Å². The summed E-state index contributed by atoms with van der Waals surface area (Å²) in [6.45, 7) is 12.1. The van der Waals surface area contributed by atoms with Gasteiger partial charge in [0.1, 0.15) is 0 Å². The van der Waals surface area contributed by atoms with Crippen LogP contribution < -0.4 is 11.5 Å². The van der Waals surface area contributed by atoms with E-state index in [0.29, 0.717) is 16.8 Å². The summed E-state index contributed by atoms with van der Waals surface area (Å²) in [4.78, 5) is 0. The Hall–Kier alpha value is -6.94. The summed E-state index contributed by atoms with van der Waals surface area (Å²) in [5.74, 6) is 32.8. The second kappa shape index (κ2) is 23.3. The molecule has 0 bridgehead atoms. The first-order valence-corrected chi connectivity index (χ1v) is 22.8. The molecular weight excluding hydrogens is 1000 g/mol. The fourth-order valence-electron chi connectivity index (χ4n) is 5.72. The molecule has 0 aliphatic carbocycles. The SMILES string of the molecule is C#CC(C)(C)c1ccc(C#Cc2cc(C#Cc3ccc(C(C)(C)C#C)cc3)c(N)c(C#Cc3ccc(C(C)(C)C#C)cc3)c2)cc1.Nc1c(Br)cc(Br)cc1Br.[C+]#Cc1ccc(C#C)cc1. The fourth-order valence-corrected chi connectivity index (χ4v) is 7.98. The van der Waals surface area contributed by atoms with Gasteiger partial charge in [0.15, 0.2) is 0 Å². The molecule has 5 heteroatoms. The van der Waals surface area contributed by atoms with Gasteiger partial charge in [-0.1, -0.05) is 106 Å². The molecule has 0 aliphatic rings. The van der Waals surface area contributed by atoms with Crippen molar-refractivity contribution in [2.75, 3.05) is 11.5 Å². The first-order chi connectivity index (χ1) is 31.2. The Labute approximate surface area is 418 Å². The van der Waals surface area contributed by atoms with Gasteiger partial charge in [0, 0.05) is 35.7 Å². The molecule has 0 heterocycles. The zero-order valence-electron chi connectivity index (χ0n) is 37.6. The van der Waals surface area contributed by atoms with E-state index in [1.54, 1.807) is 24.3 Å². The average Bonchev–Trinajstić information content (AvgIpc) is 3.32. The zero-order chi connectivity index (χ0) is 48.7. The quantitative estimate of drug-likeness (QED) is 0.105. The molecule has 0 aliphatic heterocycles. The summed E-state index contributed by atoms with van der Waals surface area (Å²) in [5.41, 5.74) is 21.9. The maximum atomic E-state index is 6.77. The van der Waals surface area contributed by atoms with Gasteiger partial charge in [0.05, 0.1) is 38.7 Å². The van der Waals surface area contributed by atoms with Crippen molar-refractivity contribution < 1.29 is 0 Å². The van der Waals surface area contributed by atoms with Crippen molar-refractivity contribution in [2.45, 2.75) is 57.8 Å². The molecule has 0 saturated carbocycles. The molecule has 0 saturated heterocycles. The Bertz CT molecular complexity index is 2970. The van der Waals surface area contributed by atoms with Gasteiger partial charge in [-0.3, -0.25) is 0 Å². The minimum absolute atomic E-state index is 0.347. The van der Waals surface area contributed by atoms with Gasteiger partial charge in [0.25, 0.3) is 0 Å². The Morgan fingerprint density at radius 1 is 0.409 bits per heavy atom. The van der Waals surface area contributed by atoms with E-state index in [-0.39, 0.29) is 16.2 Å². The van der Waals surface area contributed by atoms with Crippen LogP contribution in [-0.2, 0) is 16.2 Å². The molecule has 0 aromatic heterocycles. The predicted molar refractivity (Wildman–Crippen MR) is 288 cm³/mol. The monoisotopic (exact) mass is 1040 g/mol. The molecule has 6 aromatic carbocycles. The number of rotatable bonds is 3. The van der Waals surface area contributed by atoms with Crippen LogP contribution in [0, 0.1) is 97.2 Å². The summed E-state index contributed by atoms with van der Waals surface area (Å²) in [7, 11) is 0. The van der Waals surface area contributed by atoms with Crippen molar-refractivity contribution in [3.05, 3.63) is 202 Å². The van der Waals surface area contributed by atoms with Gasteiger partial charge in [-0.15, -0.1) is 19.3 Å². The van der Waals surface area contributed by atoms with E-state index in [1.165, 1.54) is 0 Å². The zero-order valence-corrected chi connectivity index (χ0v) is 42.4. The molecule has 0 atom stereocenters. The number of anilines is 2. The predicted octanol–water partition coefficient (Wildman–Crippen LogP) is 13.4. The summed E-state index contributed by atoms with van der Waals surface area (Å²) >= 11 is 9.96. The Morgan fingerprint density at radius 2 is 0.712 bits per heavy atom. The van der Waals surface area contributed by atoms with Crippen molar-refractivity contribution in [1.29, 1.82) is 0 Å². The van der Waals surface area contributed by atoms with Gasteiger partial charge in [-0.05, 0) is 151 Å². The van der Waals surface area contributed by atoms with Crippen molar-refractivity contribution >= 4 is 59.2 Å². The van der Waals surface area contributed by atoms with Crippen molar-refractivity contribution in [2.24, 2.45) is 0 Å². The van der Waals surface area contributed by atoms with E-state index in [4.69, 9.17) is 43.6 Å². The minimum atomic E-state index is -0.355. The van der Waals surface area contributed by atoms with Gasteiger partial charge in [-0.25, -0.2) is 0 Å². The number of terminal acetylenes is 4. The Kier molecular flexibility index (Phi) is 18.3. The normalized spacial score (nSPS) is 10.2. The van der Waals surface area contributed by atoms with E-state index in [0.717, 1.165) is 69.2 Å². The summed E-state index contributed by atoms with van der Waals surface area (Å²) in [6.07, 6.45) is 29.0. The van der Waals surface area contributed by atoms with Crippen LogP contribution in [-0.4, -0.2) is 0 Å². The van der Waals surface area contributed by atoms with E-state index < -0.39 is 0 Å². The topological polar surface area (TPSA) is 52.0 Å². The number of nitrogens with two attached hydrogens (primary N) is 2. The molecule has 0 spiro atoms. The Balaban J connectivity index is 0.000000387. The van der Waals surface area contributed by atoms with Crippen LogP contribution in [0.1, 0.15) is 103 Å². The molecule has 0 radical (unpaired) electrons. The third-order valence-electron chi connectivity index (χ3n) is 10.4. The molecule has 4 N–H and O–H groups in total. The second-order valence-electron chi connectivity index (χ2n) is 16.4. The van der Waals surface area contributed by atoms with E-state index in [1.807, 2.05) is 139 Å². The van der Waals surface area contributed by atoms with Gasteiger partial charge >= 0.3 is 60.1 Å². The standard InChI is InChI=1S/C45H37N.C10H5.C6H4Br3N/c1-10-43(4,5)39-25-17-33(18-26-39)13-14-36-31-37(23-15-34-19-27-40(28-20-34)44(6,7)11-2)42(46)38(32-36)24-16-35-21-29-41(30-22-35)45(8,9)12-3;1-3-9-5-7-10(4-2)8-6-9;7-3-1-4(8)6(10)5(9)2-3/h1-3,17-22,25-32H,46H2,4-9H3;1,5-8H;1-2H,10H2/q;+1;. The second-order valence-corrected chi connectivity index (χ2v) is 19.0. The molecule has 0 amide bonds.